The zero-order valence-electron chi connectivity index (χ0n) is 15.3. The van der Waals surface area contributed by atoms with Crippen molar-refractivity contribution in [3.63, 3.8) is 0 Å². The lowest BCUT2D eigenvalue weighted by Crippen LogP contribution is -2.28. The van der Waals surface area contributed by atoms with Gasteiger partial charge in [-0.3, -0.25) is 9.52 Å². The maximum Gasteiger partial charge on any atom is 0.271 e. The Labute approximate surface area is 159 Å². The molecule has 0 unspecified atom stereocenters. The van der Waals surface area contributed by atoms with Crippen molar-refractivity contribution in [3.05, 3.63) is 45.8 Å². The molecule has 3 rings (SSSR count). The number of rotatable bonds is 5. The fourth-order valence-electron chi connectivity index (χ4n) is 3.35. The molecule has 2 aromatic rings. The van der Waals surface area contributed by atoms with Crippen LogP contribution in [0.25, 0.3) is 0 Å². The molecule has 0 aliphatic carbocycles. The standard InChI is InChI=1S/C19H24N2O3S2/c1-13-10-14(2)19(15(3)11-13)20-26(23,24)18-7-6-16(25-18)12-17(22)21-8-4-5-9-21/h6-7,10-11,20H,4-5,8-9,12H2,1-3H3. The summed E-state index contributed by atoms with van der Waals surface area (Å²) in [4.78, 5) is 14.9. The maximum absolute atomic E-state index is 12.8. The molecule has 0 radical (unpaired) electrons. The molecule has 1 N–H and O–H groups in total. The molecule has 1 amide bonds. The van der Waals surface area contributed by atoms with Crippen LogP contribution >= 0.6 is 11.3 Å². The van der Waals surface area contributed by atoms with E-state index >= 15 is 0 Å². The van der Waals surface area contributed by atoms with Gasteiger partial charge in [-0.25, -0.2) is 8.42 Å². The highest BCUT2D eigenvalue weighted by Crippen LogP contribution is 2.28. The molecule has 5 nitrogen and oxygen atoms in total. The summed E-state index contributed by atoms with van der Waals surface area (Å²) in [6, 6.07) is 7.24. The molecule has 1 aliphatic rings. The van der Waals surface area contributed by atoms with E-state index < -0.39 is 10.0 Å². The van der Waals surface area contributed by atoms with Crippen LogP contribution in [-0.4, -0.2) is 32.3 Å². The van der Waals surface area contributed by atoms with Gasteiger partial charge in [-0.15, -0.1) is 11.3 Å². The second-order valence-electron chi connectivity index (χ2n) is 6.86. The molecule has 1 aromatic heterocycles. The van der Waals surface area contributed by atoms with Crippen molar-refractivity contribution < 1.29 is 13.2 Å². The minimum atomic E-state index is -3.66. The molecule has 1 saturated heterocycles. The van der Waals surface area contributed by atoms with Crippen molar-refractivity contribution in [2.45, 2.75) is 44.2 Å². The smallest absolute Gasteiger partial charge is 0.271 e. The van der Waals surface area contributed by atoms with Crippen molar-refractivity contribution in [3.8, 4) is 0 Å². The van der Waals surface area contributed by atoms with E-state index in [1.165, 1.54) is 0 Å². The number of nitrogens with zero attached hydrogens (tertiary/aromatic N) is 1. The Morgan fingerprint density at radius 1 is 1.12 bits per heavy atom. The molecule has 26 heavy (non-hydrogen) atoms. The Hall–Kier alpha value is -1.86. The summed E-state index contributed by atoms with van der Waals surface area (Å²) in [5.74, 6) is 0.0754. The summed E-state index contributed by atoms with van der Waals surface area (Å²) >= 11 is 1.16. The maximum atomic E-state index is 12.8. The molecule has 1 aliphatic heterocycles. The molecule has 2 heterocycles. The lowest BCUT2D eigenvalue weighted by atomic mass is 10.1. The number of carbonyl (C=O) groups excluding carboxylic acids is 1. The van der Waals surface area contributed by atoms with E-state index in [9.17, 15) is 13.2 Å². The number of sulfonamides is 1. The Kier molecular flexibility index (Phi) is 5.39. The molecule has 140 valence electrons. The van der Waals surface area contributed by atoms with Crippen molar-refractivity contribution in [2.75, 3.05) is 17.8 Å². The quantitative estimate of drug-likeness (QED) is 0.845. The Morgan fingerprint density at radius 3 is 2.35 bits per heavy atom. The third-order valence-electron chi connectivity index (χ3n) is 4.60. The van der Waals surface area contributed by atoms with Gasteiger partial charge in [0.25, 0.3) is 10.0 Å². The molecule has 0 bridgehead atoms. The lowest BCUT2D eigenvalue weighted by molar-refractivity contribution is -0.129. The molecule has 0 atom stereocenters. The minimum absolute atomic E-state index is 0.0754. The number of thiophene rings is 1. The number of hydrogen-bond acceptors (Lipinski definition) is 4. The van der Waals surface area contributed by atoms with Crippen LogP contribution in [0, 0.1) is 20.8 Å². The van der Waals surface area contributed by atoms with E-state index in [4.69, 9.17) is 0 Å². The van der Waals surface area contributed by atoms with Crippen molar-refractivity contribution in [1.29, 1.82) is 0 Å². The van der Waals surface area contributed by atoms with Crippen LogP contribution in [0.15, 0.2) is 28.5 Å². The van der Waals surface area contributed by atoms with Crippen LogP contribution in [0.4, 0.5) is 5.69 Å². The van der Waals surface area contributed by atoms with Crippen molar-refractivity contribution in [2.24, 2.45) is 0 Å². The highest BCUT2D eigenvalue weighted by Gasteiger charge is 2.22. The monoisotopic (exact) mass is 392 g/mol. The summed E-state index contributed by atoms with van der Waals surface area (Å²) in [6.45, 7) is 7.39. The minimum Gasteiger partial charge on any atom is -0.342 e. The largest absolute Gasteiger partial charge is 0.342 e. The molecule has 1 fully saturated rings. The molecular weight excluding hydrogens is 368 g/mol. The van der Waals surface area contributed by atoms with Gasteiger partial charge in [0.15, 0.2) is 0 Å². The molecule has 0 saturated carbocycles. The van der Waals surface area contributed by atoms with E-state index in [1.807, 2.05) is 37.8 Å². The van der Waals surface area contributed by atoms with Crippen molar-refractivity contribution >= 4 is 33.0 Å². The first-order chi connectivity index (χ1) is 12.3. The average Bonchev–Trinajstić information content (AvgIpc) is 3.22. The predicted molar refractivity (Wildman–Crippen MR) is 105 cm³/mol. The van der Waals surface area contributed by atoms with E-state index in [2.05, 4.69) is 4.72 Å². The molecule has 7 heteroatoms. The number of aryl methyl sites for hydroxylation is 3. The second kappa shape index (κ2) is 7.40. The van der Waals surface area contributed by atoms with E-state index in [0.717, 1.165) is 58.8 Å². The van der Waals surface area contributed by atoms with Crippen molar-refractivity contribution in [1.82, 2.24) is 4.90 Å². The first kappa shape index (κ1) is 18.9. The number of anilines is 1. The zero-order chi connectivity index (χ0) is 18.9. The Bertz CT molecular complexity index is 903. The fourth-order valence-corrected chi connectivity index (χ4v) is 5.90. The normalized spacial score (nSPS) is 14.7. The van der Waals surface area contributed by atoms with Crippen LogP contribution in [0.2, 0.25) is 0 Å². The summed E-state index contributed by atoms with van der Waals surface area (Å²) in [5, 5.41) is 0. The predicted octanol–water partition coefficient (Wildman–Crippen LogP) is 3.64. The summed E-state index contributed by atoms with van der Waals surface area (Å²) < 4.78 is 28.4. The first-order valence-corrected chi connectivity index (χ1v) is 11.0. The summed E-state index contributed by atoms with van der Waals surface area (Å²) in [7, 11) is -3.66. The Balaban J connectivity index is 1.76. The third-order valence-corrected chi connectivity index (χ3v) is 7.53. The summed E-state index contributed by atoms with van der Waals surface area (Å²) in [5.41, 5.74) is 3.51. The highest BCUT2D eigenvalue weighted by molar-refractivity contribution is 7.94. The highest BCUT2D eigenvalue weighted by atomic mass is 32.2. The number of hydrogen-bond donors (Lipinski definition) is 1. The van der Waals surface area contributed by atoms with Gasteiger partial charge >= 0.3 is 0 Å². The van der Waals surface area contributed by atoms with Gasteiger partial charge in [0.05, 0.1) is 12.1 Å². The van der Waals surface area contributed by atoms with Crippen LogP contribution in [-0.2, 0) is 21.2 Å². The third kappa shape index (κ3) is 4.10. The SMILES string of the molecule is Cc1cc(C)c(NS(=O)(=O)c2ccc(CC(=O)N3CCCC3)s2)c(C)c1. The first-order valence-electron chi connectivity index (χ1n) is 8.73. The number of benzene rings is 1. The van der Waals surface area contributed by atoms with Gasteiger partial charge < -0.3 is 4.90 Å². The van der Waals surface area contributed by atoms with Gasteiger partial charge in [-0.1, -0.05) is 17.7 Å². The van der Waals surface area contributed by atoms with E-state index in [-0.39, 0.29) is 16.5 Å². The van der Waals surface area contributed by atoms with E-state index in [1.54, 1.807) is 12.1 Å². The number of carbonyl (C=O) groups is 1. The van der Waals surface area contributed by atoms with Crippen LogP contribution in [0.5, 0.6) is 0 Å². The van der Waals surface area contributed by atoms with Gasteiger partial charge in [-0.05, 0) is 56.9 Å². The fraction of sp³-hybridized carbons (Fsp3) is 0.421. The van der Waals surface area contributed by atoms with Gasteiger partial charge in [-0.2, -0.15) is 0 Å². The zero-order valence-corrected chi connectivity index (χ0v) is 17.0. The number of nitrogens with one attached hydrogen (secondary N) is 1. The van der Waals surface area contributed by atoms with Gasteiger partial charge in [0.1, 0.15) is 4.21 Å². The van der Waals surface area contributed by atoms with Gasteiger partial charge in [0, 0.05) is 18.0 Å². The average molecular weight is 393 g/mol. The summed E-state index contributed by atoms with van der Waals surface area (Å²) in [6.07, 6.45) is 2.37. The molecule has 1 aromatic carbocycles. The van der Waals surface area contributed by atoms with Crippen LogP contribution < -0.4 is 4.72 Å². The number of amides is 1. The molecular formula is C19H24N2O3S2. The topological polar surface area (TPSA) is 66.5 Å². The number of likely N-dealkylation sites (tertiary alicyclic amines) is 1. The van der Waals surface area contributed by atoms with Gasteiger partial charge in [0.2, 0.25) is 5.91 Å². The van der Waals surface area contributed by atoms with Crippen LogP contribution in [0.3, 0.4) is 0 Å². The van der Waals surface area contributed by atoms with E-state index in [0.29, 0.717) is 5.69 Å². The lowest BCUT2D eigenvalue weighted by Gasteiger charge is -2.14. The Morgan fingerprint density at radius 2 is 1.73 bits per heavy atom. The second-order valence-corrected chi connectivity index (χ2v) is 9.94. The molecule has 0 spiro atoms. The van der Waals surface area contributed by atoms with Crippen LogP contribution in [0.1, 0.15) is 34.4 Å².